The summed E-state index contributed by atoms with van der Waals surface area (Å²) >= 11 is 0. The molecule has 0 aliphatic carbocycles. The van der Waals surface area contributed by atoms with Crippen LogP contribution in [0.1, 0.15) is 21.7 Å². The smallest absolute Gasteiger partial charge is 0.338 e. The molecule has 1 N–H and O–H groups in total. The quantitative estimate of drug-likeness (QED) is 0.852. The monoisotopic (exact) mass is 234 g/mol. The highest BCUT2D eigenvalue weighted by atomic mass is 16.4. The number of furan rings is 1. The fourth-order valence-electron chi connectivity index (χ4n) is 1.37. The maximum absolute atomic E-state index is 11.5. The van der Waals surface area contributed by atoms with E-state index in [-0.39, 0.29) is 17.7 Å². The summed E-state index contributed by atoms with van der Waals surface area (Å²) in [6, 6.07) is 2.82. The zero-order valence-electron chi connectivity index (χ0n) is 9.08. The van der Waals surface area contributed by atoms with Gasteiger partial charge in [0, 0.05) is 6.07 Å². The van der Waals surface area contributed by atoms with Gasteiger partial charge in [-0.1, -0.05) is 0 Å². The van der Waals surface area contributed by atoms with Crippen LogP contribution in [0.4, 0.5) is 0 Å². The average Bonchev–Trinajstić information content (AvgIpc) is 2.71. The van der Waals surface area contributed by atoms with Gasteiger partial charge in [0.1, 0.15) is 18.6 Å². The SMILES string of the molecule is Cc1cnn(Cc2cc(C(=O)O)co2)c(=O)c1. The molecule has 0 saturated heterocycles. The van der Waals surface area contributed by atoms with Crippen LogP contribution in [-0.2, 0) is 6.54 Å². The van der Waals surface area contributed by atoms with Crippen LogP contribution in [0.3, 0.4) is 0 Å². The van der Waals surface area contributed by atoms with Gasteiger partial charge in [0.15, 0.2) is 0 Å². The second-order valence-corrected chi connectivity index (χ2v) is 3.64. The molecule has 0 fully saturated rings. The van der Waals surface area contributed by atoms with Crippen LogP contribution in [0.15, 0.2) is 33.8 Å². The standard InChI is InChI=1S/C11H10N2O4/c1-7-2-10(14)13(12-4-7)5-9-3-8(6-17-9)11(15)16/h2-4,6H,5H2,1H3,(H,15,16). The summed E-state index contributed by atoms with van der Waals surface area (Å²) in [5.74, 6) is -0.690. The summed E-state index contributed by atoms with van der Waals surface area (Å²) in [7, 11) is 0. The number of aryl methyl sites for hydroxylation is 1. The third-order valence-corrected chi connectivity index (χ3v) is 2.21. The Morgan fingerprint density at radius 3 is 2.88 bits per heavy atom. The Bertz CT molecular complexity index is 612. The molecule has 0 amide bonds. The van der Waals surface area contributed by atoms with Crippen molar-refractivity contribution in [2.45, 2.75) is 13.5 Å². The Hall–Kier alpha value is -2.37. The van der Waals surface area contributed by atoms with Crippen molar-refractivity contribution in [1.29, 1.82) is 0 Å². The van der Waals surface area contributed by atoms with Crippen LogP contribution in [0, 0.1) is 6.92 Å². The lowest BCUT2D eigenvalue weighted by Crippen LogP contribution is -2.22. The van der Waals surface area contributed by atoms with Crippen molar-refractivity contribution < 1.29 is 14.3 Å². The van der Waals surface area contributed by atoms with E-state index in [1.807, 2.05) is 0 Å². The predicted octanol–water partition coefficient (Wildman–Crippen LogP) is 0.891. The fraction of sp³-hybridized carbons (Fsp3) is 0.182. The van der Waals surface area contributed by atoms with Gasteiger partial charge in [0.25, 0.3) is 5.56 Å². The van der Waals surface area contributed by atoms with Crippen molar-refractivity contribution in [1.82, 2.24) is 9.78 Å². The van der Waals surface area contributed by atoms with Gasteiger partial charge in [-0.25, -0.2) is 9.48 Å². The van der Waals surface area contributed by atoms with Crippen molar-refractivity contribution in [3.05, 3.63) is 51.8 Å². The Kier molecular flexibility index (Phi) is 2.78. The Labute approximate surface area is 96.1 Å². The molecule has 17 heavy (non-hydrogen) atoms. The lowest BCUT2D eigenvalue weighted by Gasteiger charge is -2.01. The number of carbonyl (C=O) groups is 1. The first-order valence-corrected chi connectivity index (χ1v) is 4.91. The number of nitrogens with zero attached hydrogens (tertiary/aromatic N) is 2. The van der Waals surface area contributed by atoms with E-state index < -0.39 is 5.97 Å². The molecule has 6 nitrogen and oxygen atoms in total. The molecular weight excluding hydrogens is 224 g/mol. The molecule has 0 unspecified atom stereocenters. The zero-order chi connectivity index (χ0) is 12.4. The second-order valence-electron chi connectivity index (χ2n) is 3.64. The van der Waals surface area contributed by atoms with Crippen LogP contribution in [-0.4, -0.2) is 20.9 Å². The van der Waals surface area contributed by atoms with Crippen LogP contribution in [0.25, 0.3) is 0 Å². The van der Waals surface area contributed by atoms with Crippen LogP contribution < -0.4 is 5.56 Å². The van der Waals surface area contributed by atoms with E-state index in [0.29, 0.717) is 5.76 Å². The molecule has 0 spiro atoms. The van der Waals surface area contributed by atoms with E-state index in [0.717, 1.165) is 11.8 Å². The summed E-state index contributed by atoms with van der Waals surface area (Å²) in [6.07, 6.45) is 2.69. The summed E-state index contributed by atoms with van der Waals surface area (Å²) in [4.78, 5) is 22.2. The molecule has 0 atom stereocenters. The maximum Gasteiger partial charge on any atom is 0.338 e. The van der Waals surface area contributed by atoms with Gasteiger partial charge >= 0.3 is 5.97 Å². The molecule has 2 aromatic heterocycles. The van der Waals surface area contributed by atoms with Crippen molar-refractivity contribution >= 4 is 5.97 Å². The predicted molar refractivity (Wildman–Crippen MR) is 58.0 cm³/mol. The van der Waals surface area contributed by atoms with E-state index in [4.69, 9.17) is 9.52 Å². The number of hydrogen-bond acceptors (Lipinski definition) is 4. The van der Waals surface area contributed by atoms with E-state index >= 15 is 0 Å². The van der Waals surface area contributed by atoms with Gasteiger partial charge in [-0.05, 0) is 18.6 Å². The normalized spacial score (nSPS) is 10.4. The first-order valence-electron chi connectivity index (χ1n) is 4.91. The van der Waals surface area contributed by atoms with Crippen LogP contribution in [0.5, 0.6) is 0 Å². The summed E-state index contributed by atoms with van der Waals surface area (Å²) in [5.41, 5.74) is 0.579. The summed E-state index contributed by atoms with van der Waals surface area (Å²) < 4.78 is 6.24. The highest BCUT2D eigenvalue weighted by molar-refractivity contribution is 5.87. The van der Waals surface area contributed by atoms with Gasteiger partial charge < -0.3 is 9.52 Å². The number of carboxylic acid groups (broad SMARTS) is 1. The lowest BCUT2D eigenvalue weighted by atomic mass is 10.3. The average molecular weight is 234 g/mol. The van der Waals surface area contributed by atoms with Crippen molar-refractivity contribution in [3.8, 4) is 0 Å². The van der Waals surface area contributed by atoms with Crippen molar-refractivity contribution in [2.75, 3.05) is 0 Å². The summed E-state index contributed by atoms with van der Waals surface area (Å²) in [6.45, 7) is 1.89. The molecule has 0 aliphatic heterocycles. The Morgan fingerprint density at radius 1 is 1.53 bits per heavy atom. The second kappa shape index (κ2) is 4.25. The van der Waals surface area contributed by atoms with Crippen LogP contribution >= 0.6 is 0 Å². The minimum Gasteiger partial charge on any atom is -0.478 e. The highest BCUT2D eigenvalue weighted by Gasteiger charge is 2.09. The molecule has 88 valence electrons. The van der Waals surface area contributed by atoms with Gasteiger partial charge in [-0.15, -0.1) is 0 Å². The molecule has 2 heterocycles. The molecule has 6 heteroatoms. The van der Waals surface area contributed by atoms with E-state index in [1.165, 1.54) is 16.8 Å². The highest BCUT2D eigenvalue weighted by Crippen LogP contribution is 2.08. The van der Waals surface area contributed by atoms with Crippen LogP contribution in [0.2, 0.25) is 0 Å². The van der Waals surface area contributed by atoms with Gasteiger partial charge in [0.05, 0.1) is 11.8 Å². The van der Waals surface area contributed by atoms with Gasteiger partial charge in [-0.3, -0.25) is 4.79 Å². The molecule has 0 bridgehead atoms. The van der Waals surface area contributed by atoms with Crippen molar-refractivity contribution in [2.24, 2.45) is 0 Å². The van der Waals surface area contributed by atoms with E-state index in [2.05, 4.69) is 5.10 Å². The Balaban J connectivity index is 2.25. The van der Waals surface area contributed by atoms with E-state index in [1.54, 1.807) is 13.1 Å². The molecule has 0 aliphatic rings. The Morgan fingerprint density at radius 2 is 2.29 bits per heavy atom. The molecule has 0 radical (unpaired) electrons. The number of aromatic carboxylic acids is 1. The molecule has 2 aromatic rings. The first kappa shape index (κ1) is 11.1. The minimum absolute atomic E-state index is 0.0557. The number of hydrogen-bond donors (Lipinski definition) is 1. The molecular formula is C11H10N2O4. The lowest BCUT2D eigenvalue weighted by molar-refractivity contribution is 0.0696. The first-order chi connectivity index (χ1) is 8.06. The third kappa shape index (κ3) is 2.41. The third-order valence-electron chi connectivity index (χ3n) is 2.21. The number of rotatable bonds is 3. The summed E-state index contributed by atoms with van der Waals surface area (Å²) in [5, 5.41) is 12.6. The minimum atomic E-state index is -1.07. The van der Waals surface area contributed by atoms with Gasteiger partial charge in [-0.2, -0.15) is 5.10 Å². The largest absolute Gasteiger partial charge is 0.478 e. The number of carboxylic acids is 1. The topological polar surface area (TPSA) is 85.3 Å². The zero-order valence-corrected chi connectivity index (χ0v) is 9.08. The molecule has 0 aromatic carbocycles. The molecule has 2 rings (SSSR count). The van der Waals surface area contributed by atoms with E-state index in [9.17, 15) is 9.59 Å². The van der Waals surface area contributed by atoms with Crippen molar-refractivity contribution in [3.63, 3.8) is 0 Å². The maximum atomic E-state index is 11.5. The molecule has 0 saturated carbocycles. The fourth-order valence-corrected chi connectivity index (χ4v) is 1.37. The number of aromatic nitrogens is 2. The van der Waals surface area contributed by atoms with Gasteiger partial charge in [0.2, 0.25) is 0 Å².